The second-order valence-electron chi connectivity index (χ2n) is 4.21. The van der Waals surface area contributed by atoms with Crippen molar-refractivity contribution in [2.24, 2.45) is 0 Å². The van der Waals surface area contributed by atoms with Crippen molar-refractivity contribution in [3.8, 4) is 17.5 Å². The van der Waals surface area contributed by atoms with E-state index in [-0.39, 0.29) is 0 Å². The normalized spacial score (nSPS) is 10.0. The van der Waals surface area contributed by atoms with Crippen molar-refractivity contribution >= 4 is 0 Å². The Labute approximate surface area is 107 Å². The number of aromatic nitrogens is 2. The predicted octanol–water partition coefficient (Wildman–Crippen LogP) is 3.36. The van der Waals surface area contributed by atoms with Crippen molar-refractivity contribution in [3.63, 3.8) is 0 Å². The molecule has 2 rings (SSSR count). The van der Waals surface area contributed by atoms with Gasteiger partial charge in [0.05, 0.1) is 11.6 Å². The van der Waals surface area contributed by atoms with E-state index in [1.54, 1.807) is 12.1 Å². The molecule has 0 atom stereocenters. The third-order valence-corrected chi connectivity index (χ3v) is 2.80. The molecule has 0 saturated carbocycles. The van der Waals surface area contributed by atoms with Gasteiger partial charge in [0.1, 0.15) is 0 Å². The van der Waals surface area contributed by atoms with Crippen LogP contribution >= 0.6 is 0 Å². The molecule has 0 aliphatic rings. The van der Waals surface area contributed by atoms with Gasteiger partial charge in [-0.15, -0.1) is 0 Å². The fourth-order valence-corrected chi connectivity index (χ4v) is 1.71. The Kier molecular flexibility index (Phi) is 4.03. The van der Waals surface area contributed by atoms with Crippen LogP contribution in [0.4, 0.5) is 0 Å². The maximum absolute atomic E-state index is 8.74. The third-order valence-electron chi connectivity index (χ3n) is 2.80. The maximum atomic E-state index is 8.74. The molecule has 1 heterocycles. The summed E-state index contributed by atoms with van der Waals surface area (Å²) in [4.78, 5) is 8.73. The van der Waals surface area contributed by atoms with Crippen LogP contribution in [0.1, 0.15) is 30.9 Å². The summed E-state index contributed by atoms with van der Waals surface area (Å²) in [6.45, 7) is 2.17. The Bertz CT molecular complexity index is 535. The molecule has 0 saturated heterocycles. The molecule has 0 aliphatic carbocycles. The summed E-state index contributed by atoms with van der Waals surface area (Å²) in [5.74, 6) is 0.708. The molecule has 0 radical (unpaired) electrons. The van der Waals surface area contributed by atoms with Gasteiger partial charge in [0.25, 0.3) is 0 Å². The van der Waals surface area contributed by atoms with Crippen LogP contribution in [0.25, 0.3) is 11.4 Å². The van der Waals surface area contributed by atoms with Gasteiger partial charge in [0, 0.05) is 18.0 Å². The van der Waals surface area contributed by atoms with E-state index < -0.39 is 0 Å². The summed E-state index contributed by atoms with van der Waals surface area (Å²) in [5, 5.41) is 8.74. The van der Waals surface area contributed by atoms with Gasteiger partial charge in [-0.2, -0.15) is 5.26 Å². The first-order chi connectivity index (χ1) is 8.83. The fourth-order valence-electron chi connectivity index (χ4n) is 1.71. The Morgan fingerprint density at radius 1 is 1.11 bits per heavy atom. The average molecular weight is 237 g/mol. The summed E-state index contributed by atoms with van der Waals surface area (Å²) in [6.07, 6.45) is 7.15. The lowest BCUT2D eigenvalue weighted by Crippen LogP contribution is -1.92. The third kappa shape index (κ3) is 2.92. The van der Waals surface area contributed by atoms with Gasteiger partial charge in [-0.1, -0.05) is 13.3 Å². The molecule has 3 heteroatoms. The van der Waals surface area contributed by atoms with E-state index in [4.69, 9.17) is 5.26 Å². The SMILES string of the molecule is CCCCc1cnc(-c2ccc(C#N)cc2)nc1. The van der Waals surface area contributed by atoms with Crippen LogP contribution in [0.2, 0.25) is 0 Å². The van der Waals surface area contributed by atoms with E-state index >= 15 is 0 Å². The van der Waals surface area contributed by atoms with Gasteiger partial charge < -0.3 is 0 Å². The first-order valence-electron chi connectivity index (χ1n) is 6.15. The number of benzene rings is 1. The molecule has 1 aromatic heterocycles. The molecule has 0 aliphatic heterocycles. The summed E-state index contributed by atoms with van der Waals surface area (Å²) < 4.78 is 0. The van der Waals surface area contributed by atoms with E-state index in [0.717, 1.165) is 12.0 Å². The standard InChI is InChI=1S/C15H15N3/c1-2-3-4-13-10-17-15(18-11-13)14-7-5-12(9-16)6-8-14/h5-8,10-11H,2-4H2,1H3. The van der Waals surface area contributed by atoms with E-state index in [1.165, 1.54) is 18.4 Å². The molecule has 0 spiro atoms. The molecule has 2 aromatic rings. The van der Waals surface area contributed by atoms with Gasteiger partial charge in [-0.3, -0.25) is 0 Å². The minimum absolute atomic E-state index is 0.651. The Morgan fingerprint density at radius 3 is 2.33 bits per heavy atom. The molecule has 0 bridgehead atoms. The largest absolute Gasteiger partial charge is 0.236 e. The van der Waals surface area contributed by atoms with E-state index in [0.29, 0.717) is 11.4 Å². The maximum Gasteiger partial charge on any atom is 0.159 e. The summed E-state index contributed by atoms with van der Waals surface area (Å²) >= 11 is 0. The zero-order valence-electron chi connectivity index (χ0n) is 10.4. The van der Waals surface area contributed by atoms with Crippen LogP contribution in [0.15, 0.2) is 36.7 Å². The lowest BCUT2D eigenvalue weighted by atomic mass is 10.1. The first kappa shape index (κ1) is 12.3. The van der Waals surface area contributed by atoms with Crippen molar-refractivity contribution in [2.45, 2.75) is 26.2 Å². The number of hydrogen-bond acceptors (Lipinski definition) is 3. The van der Waals surface area contributed by atoms with Gasteiger partial charge in [0.2, 0.25) is 0 Å². The number of aryl methyl sites for hydroxylation is 1. The highest BCUT2D eigenvalue weighted by Gasteiger charge is 2.01. The summed E-state index contributed by atoms with van der Waals surface area (Å²) in [7, 11) is 0. The molecule has 0 unspecified atom stereocenters. The second kappa shape index (κ2) is 5.92. The number of nitriles is 1. The highest BCUT2D eigenvalue weighted by molar-refractivity contribution is 5.56. The van der Waals surface area contributed by atoms with Crippen molar-refractivity contribution in [2.75, 3.05) is 0 Å². The van der Waals surface area contributed by atoms with Gasteiger partial charge in [-0.25, -0.2) is 9.97 Å². The van der Waals surface area contributed by atoms with Crippen LogP contribution in [0.5, 0.6) is 0 Å². The predicted molar refractivity (Wildman–Crippen MR) is 70.8 cm³/mol. The number of hydrogen-bond donors (Lipinski definition) is 0. The van der Waals surface area contributed by atoms with Crippen LogP contribution in [-0.4, -0.2) is 9.97 Å². The minimum atomic E-state index is 0.651. The molecular formula is C15H15N3. The number of unbranched alkanes of at least 4 members (excludes halogenated alkanes) is 1. The second-order valence-corrected chi connectivity index (χ2v) is 4.21. The van der Waals surface area contributed by atoms with Crippen molar-refractivity contribution in [1.82, 2.24) is 9.97 Å². The zero-order valence-corrected chi connectivity index (χ0v) is 10.4. The van der Waals surface area contributed by atoms with Crippen LogP contribution < -0.4 is 0 Å². The molecule has 3 nitrogen and oxygen atoms in total. The Hall–Kier alpha value is -2.21. The highest BCUT2D eigenvalue weighted by Crippen LogP contribution is 2.15. The smallest absolute Gasteiger partial charge is 0.159 e. The van der Waals surface area contributed by atoms with E-state index in [9.17, 15) is 0 Å². The Morgan fingerprint density at radius 2 is 1.78 bits per heavy atom. The monoisotopic (exact) mass is 237 g/mol. The summed E-state index contributed by atoms with van der Waals surface area (Å²) in [5.41, 5.74) is 2.77. The molecule has 0 amide bonds. The van der Waals surface area contributed by atoms with Gasteiger partial charge in [-0.05, 0) is 42.7 Å². The van der Waals surface area contributed by atoms with Gasteiger partial charge in [0.15, 0.2) is 5.82 Å². The lowest BCUT2D eigenvalue weighted by Gasteiger charge is -2.02. The molecule has 18 heavy (non-hydrogen) atoms. The van der Waals surface area contributed by atoms with E-state index in [2.05, 4.69) is 23.0 Å². The van der Waals surface area contributed by atoms with Crippen LogP contribution in [-0.2, 0) is 6.42 Å². The molecule has 0 N–H and O–H groups in total. The van der Waals surface area contributed by atoms with Gasteiger partial charge >= 0.3 is 0 Å². The topological polar surface area (TPSA) is 49.6 Å². The van der Waals surface area contributed by atoms with Crippen LogP contribution in [0.3, 0.4) is 0 Å². The number of rotatable bonds is 4. The highest BCUT2D eigenvalue weighted by atomic mass is 14.9. The molecule has 90 valence electrons. The fraction of sp³-hybridized carbons (Fsp3) is 0.267. The number of nitrogens with zero attached hydrogens (tertiary/aromatic N) is 3. The van der Waals surface area contributed by atoms with Crippen molar-refractivity contribution < 1.29 is 0 Å². The summed E-state index contributed by atoms with van der Waals surface area (Å²) in [6, 6.07) is 9.41. The first-order valence-corrected chi connectivity index (χ1v) is 6.15. The molecule has 0 fully saturated rings. The van der Waals surface area contributed by atoms with Crippen molar-refractivity contribution in [1.29, 1.82) is 5.26 Å². The molecular weight excluding hydrogens is 222 g/mol. The quantitative estimate of drug-likeness (QED) is 0.819. The lowest BCUT2D eigenvalue weighted by molar-refractivity contribution is 0.788. The average Bonchev–Trinajstić information content (AvgIpc) is 2.46. The Balaban J connectivity index is 2.15. The zero-order chi connectivity index (χ0) is 12.8. The minimum Gasteiger partial charge on any atom is -0.236 e. The van der Waals surface area contributed by atoms with E-state index in [1.807, 2.05) is 24.5 Å². The van der Waals surface area contributed by atoms with Crippen molar-refractivity contribution in [3.05, 3.63) is 47.8 Å². The molecule has 1 aromatic carbocycles. The van der Waals surface area contributed by atoms with Crippen LogP contribution in [0, 0.1) is 11.3 Å².